The summed E-state index contributed by atoms with van der Waals surface area (Å²) in [5, 5.41) is 4.09. The van der Waals surface area contributed by atoms with Gasteiger partial charge in [-0.25, -0.2) is 0 Å². The highest BCUT2D eigenvalue weighted by Gasteiger charge is 2.34. The van der Waals surface area contributed by atoms with Crippen LogP contribution in [0.3, 0.4) is 0 Å². The minimum atomic E-state index is -4.45. The van der Waals surface area contributed by atoms with Gasteiger partial charge in [0, 0.05) is 10.6 Å². The highest BCUT2D eigenvalue weighted by Crippen LogP contribution is 2.34. The Morgan fingerprint density at radius 1 is 1.35 bits per heavy atom. The molecule has 0 N–H and O–H groups in total. The topological polar surface area (TPSA) is 21.6 Å². The Bertz CT molecular complexity index is 484. The van der Waals surface area contributed by atoms with E-state index in [0.29, 0.717) is 12.8 Å². The second-order valence-electron chi connectivity index (χ2n) is 4.63. The van der Waals surface area contributed by atoms with Crippen LogP contribution in [0.2, 0.25) is 5.02 Å². The van der Waals surface area contributed by atoms with E-state index in [0.717, 1.165) is 6.07 Å². The van der Waals surface area contributed by atoms with Crippen molar-refractivity contribution in [1.29, 1.82) is 0 Å². The molecule has 0 saturated carbocycles. The molecule has 112 valence electrons. The molecule has 0 saturated heterocycles. The number of hydrogen-bond donors (Lipinski definition) is 0. The van der Waals surface area contributed by atoms with Crippen LogP contribution in [0.4, 0.5) is 13.2 Å². The van der Waals surface area contributed by atoms with Crippen LogP contribution in [0.5, 0.6) is 0 Å². The van der Waals surface area contributed by atoms with Crippen LogP contribution >= 0.6 is 11.6 Å². The summed E-state index contributed by atoms with van der Waals surface area (Å²) >= 11 is 5.81. The van der Waals surface area contributed by atoms with Crippen LogP contribution in [0.15, 0.2) is 23.4 Å². The van der Waals surface area contributed by atoms with Gasteiger partial charge in [-0.1, -0.05) is 30.1 Å². The highest BCUT2D eigenvalue weighted by molar-refractivity contribution is 6.31. The Hall–Kier alpha value is -1.23. The lowest BCUT2D eigenvalue weighted by Crippen LogP contribution is -2.14. The van der Waals surface area contributed by atoms with Crippen LogP contribution in [-0.4, -0.2) is 11.8 Å². The molecule has 1 aromatic carbocycles. The summed E-state index contributed by atoms with van der Waals surface area (Å²) in [6, 6.07) is 3.47. The van der Waals surface area contributed by atoms with E-state index < -0.39 is 11.7 Å². The summed E-state index contributed by atoms with van der Waals surface area (Å²) in [6.07, 6.45) is -3.61. The third kappa shape index (κ3) is 4.71. The van der Waals surface area contributed by atoms with Gasteiger partial charge in [0.25, 0.3) is 0 Å². The fourth-order valence-electron chi connectivity index (χ4n) is 1.64. The summed E-state index contributed by atoms with van der Waals surface area (Å²) in [7, 11) is 0. The second kappa shape index (κ2) is 6.97. The van der Waals surface area contributed by atoms with Gasteiger partial charge in [0.15, 0.2) is 0 Å². The lowest BCUT2D eigenvalue weighted by molar-refractivity contribution is -0.137. The minimum absolute atomic E-state index is 0.0208. The average molecular weight is 308 g/mol. The van der Waals surface area contributed by atoms with Crippen LogP contribution in [-0.2, 0) is 11.0 Å². The third-order valence-corrected chi connectivity index (χ3v) is 2.69. The lowest BCUT2D eigenvalue weighted by Gasteiger charge is -2.15. The standard InChI is InChI=1S/C14H17ClF3NO/c1-4-5-13(19-20-9(2)3)11-8-10(15)6-7-12(11)14(16,17)18/h6-9H,4-5H2,1-3H3/b19-13+. The fourth-order valence-corrected chi connectivity index (χ4v) is 1.81. The zero-order valence-corrected chi connectivity index (χ0v) is 12.3. The molecule has 0 atom stereocenters. The van der Waals surface area contributed by atoms with Gasteiger partial charge in [0.05, 0.1) is 11.3 Å². The number of halogens is 4. The van der Waals surface area contributed by atoms with Crippen molar-refractivity contribution >= 4 is 17.3 Å². The highest BCUT2D eigenvalue weighted by atomic mass is 35.5. The van der Waals surface area contributed by atoms with Crippen LogP contribution < -0.4 is 0 Å². The Kier molecular flexibility index (Phi) is 5.87. The zero-order valence-electron chi connectivity index (χ0n) is 11.6. The zero-order chi connectivity index (χ0) is 15.3. The van der Waals surface area contributed by atoms with E-state index in [1.807, 2.05) is 6.92 Å². The number of benzene rings is 1. The first-order valence-electron chi connectivity index (χ1n) is 6.35. The van der Waals surface area contributed by atoms with Crippen molar-refractivity contribution in [2.45, 2.75) is 45.9 Å². The molecule has 2 nitrogen and oxygen atoms in total. The maximum Gasteiger partial charge on any atom is 0.417 e. The van der Waals surface area contributed by atoms with Crippen molar-refractivity contribution in [1.82, 2.24) is 0 Å². The summed E-state index contributed by atoms with van der Waals surface area (Å²) < 4.78 is 39.1. The molecule has 0 bridgehead atoms. The van der Waals surface area contributed by atoms with Gasteiger partial charge in [-0.2, -0.15) is 13.2 Å². The third-order valence-electron chi connectivity index (χ3n) is 2.46. The van der Waals surface area contributed by atoms with Gasteiger partial charge >= 0.3 is 6.18 Å². The van der Waals surface area contributed by atoms with Crippen LogP contribution in [0, 0.1) is 0 Å². The first-order valence-corrected chi connectivity index (χ1v) is 6.73. The molecule has 0 aromatic heterocycles. The van der Waals surface area contributed by atoms with Crippen molar-refractivity contribution in [3.8, 4) is 0 Å². The molecule has 0 fully saturated rings. The fraction of sp³-hybridized carbons (Fsp3) is 0.500. The molecule has 0 unspecified atom stereocenters. The molecule has 1 rings (SSSR count). The van der Waals surface area contributed by atoms with Gasteiger partial charge < -0.3 is 4.84 Å². The summed E-state index contributed by atoms with van der Waals surface area (Å²) in [6.45, 7) is 5.38. The molecule has 20 heavy (non-hydrogen) atoms. The predicted octanol–water partition coefficient (Wildman–Crippen LogP) is 5.29. The van der Waals surface area contributed by atoms with Gasteiger partial charge in [-0.3, -0.25) is 0 Å². The molecule has 6 heteroatoms. The monoisotopic (exact) mass is 307 g/mol. The van der Waals surface area contributed by atoms with Gasteiger partial charge in [-0.15, -0.1) is 0 Å². The number of hydrogen-bond acceptors (Lipinski definition) is 2. The second-order valence-corrected chi connectivity index (χ2v) is 5.07. The van der Waals surface area contributed by atoms with Crippen molar-refractivity contribution in [2.75, 3.05) is 0 Å². The summed E-state index contributed by atoms with van der Waals surface area (Å²) in [4.78, 5) is 5.10. The normalized spacial score (nSPS) is 12.9. The molecule has 1 aromatic rings. The summed E-state index contributed by atoms with van der Waals surface area (Å²) in [5.41, 5.74) is -0.509. The van der Waals surface area contributed by atoms with Gasteiger partial charge in [0.1, 0.15) is 6.10 Å². The van der Waals surface area contributed by atoms with Crippen LogP contribution in [0.1, 0.15) is 44.7 Å². The van der Waals surface area contributed by atoms with Crippen molar-refractivity contribution in [3.63, 3.8) is 0 Å². The Balaban J connectivity index is 3.31. The molecule has 0 radical (unpaired) electrons. The van der Waals surface area contributed by atoms with E-state index in [4.69, 9.17) is 16.4 Å². The Morgan fingerprint density at radius 3 is 2.50 bits per heavy atom. The number of rotatable bonds is 5. The van der Waals surface area contributed by atoms with Crippen molar-refractivity contribution in [3.05, 3.63) is 34.3 Å². The van der Waals surface area contributed by atoms with Crippen LogP contribution in [0.25, 0.3) is 0 Å². The van der Waals surface area contributed by atoms with E-state index >= 15 is 0 Å². The predicted molar refractivity (Wildman–Crippen MR) is 74.1 cm³/mol. The van der Waals surface area contributed by atoms with Crippen molar-refractivity contribution < 1.29 is 18.0 Å². The number of alkyl halides is 3. The molecule has 0 aliphatic rings. The largest absolute Gasteiger partial charge is 0.417 e. The molecule has 0 heterocycles. The Labute approximate surface area is 121 Å². The number of nitrogens with zero attached hydrogens (tertiary/aromatic N) is 1. The van der Waals surface area contributed by atoms with Gasteiger partial charge in [-0.05, 0) is 38.5 Å². The SMILES string of the molecule is CCC/C(=N\OC(C)C)c1cc(Cl)ccc1C(F)(F)F. The summed E-state index contributed by atoms with van der Waals surface area (Å²) in [5.74, 6) is 0. The maximum atomic E-state index is 13.0. The lowest BCUT2D eigenvalue weighted by atomic mass is 9.99. The van der Waals surface area contributed by atoms with E-state index in [1.165, 1.54) is 12.1 Å². The molecule has 0 aliphatic heterocycles. The van der Waals surface area contributed by atoms with E-state index in [1.54, 1.807) is 13.8 Å². The van der Waals surface area contributed by atoms with E-state index in [-0.39, 0.29) is 22.4 Å². The quantitative estimate of drug-likeness (QED) is 0.535. The minimum Gasteiger partial charge on any atom is -0.393 e. The number of oxime groups is 1. The smallest absolute Gasteiger partial charge is 0.393 e. The molecule has 0 aliphatic carbocycles. The van der Waals surface area contributed by atoms with E-state index in [2.05, 4.69) is 5.16 Å². The maximum absolute atomic E-state index is 13.0. The molecular formula is C14H17ClF3NO. The van der Waals surface area contributed by atoms with Crippen molar-refractivity contribution in [2.24, 2.45) is 5.16 Å². The first kappa shape index (κ1) is 16.8. The molecule has 0 spiro atoms. The molecule has 0 amide bonds. The first-order chi connectivity index (χ1) is 9.25. The van der Waals surface area contributed by atoms with E-state index in [9.17, 15) is 13.2 Å². The van der Waals surface area contributed by atoms with Gasteiger partial charge in [0.2, 0.25) is 0 Å². The average Bonchev–Trinajstić information content (AvgIpc) is 2.32. The molecular weight excluding hydrogens is 291 g/mol. The Morgan fingerprint density at radius 2 is 2.00 bits per heavy atom.